The number of benzene rings is 1. The summed E-state index contributed by atoms with van der Waals surface area (Å²) in [6.07, 6.45) is 0.374. The van der Waals surface area contributed by atoms with Crippen molar-refractivity contribution in [1.82, 2.24) is 10.2 Å². The Morgan fingerprint density at radius 1 is 1.38 bits per heavy atom. The Morgan fingerprint density at radius 2 is 2.00 bits per heavy atom. The van der Waals surface area contributed by atoms with Gasteiger partial charge in [-0.2, -0.15) is 0 Å². The van der Waals surface area contributed by atoms with Crippen molar-refractivity contribution in [3.8, 4) is 0 Å². The zero-order valence-electron chi connectivity index (χ0n) is 13.0. The van der Waals surface area contributed by atoms with Crippen LogP contribution in [0.15, 0.2) is 35.5 Å². The Kier molecular flexibility index (Phi) is 6.61. The standard InChI is InChI=1S/C15H26N4O2/c1-15(20,11-19(2)3)10-17-13(9-14(16)18-21)12-7-5-4-6-8-12/h4-8,13,17,20-21H,9-11H2,1-3H3,(H2,16,18). The normalized spacial score (nSPS) is 16.7. The molecule has 6 nitrogen and oxygen atoms in total. The Hall–Kier alpha value is -1.63. The monoisotopic (exact) mass is 294 g/mol. The van der Waals surface area contributed by atoms with Gasteiger partial charge in [0.05, 0.1) is 5.60 Å². The Morgan fingerprint density at radius 3 is 2.52 bits per heavy atom. The minimum absolute atomic E-state index is 0.115. The van der Waals surface area contributed by atoms with Gasteiger partial charge in [0.15, 0.2) is 0 Å². The summed E-state index contributed by atoms with van der Waals surface area (Å²) in [5.41, 5.74) is 5.79. The van der Waals surface area contributed by atoms with Gasteiger partial charge in [-0.05, 0) is 26.6 Å². The summed E-state index contributed by atoms with van der Waals surface area (Å²) in [7, 11) is 3.83. The van der Waals surface area contributed by atoms with Crippen LogP contribution in [0, 0.1) is 0 Å². The largest absolute Gasteiger partial charge is 0.409 e. The summed E-state index contributed by atoms with van der Waals surface area (Å²) in [4.78, 5) is 1.93. The van der Waals surface area contributed by atoms with E-state index >= 15 is 0 Å². The Labute approximate surface area is 126 Å². The fraction of sp³-hybridized carbons (Fsp3) is 0.533. The van der Waals surface area contributed by atoms with Crippen molar-refractivity contribution in [3.63, 3.8) is 0 Å². The second-order valence-corrected chi connectivity index (χ2v) is 5.87. The minimum Gasteiger partial charge on any atom is -0.409 e. The fourth-order valence-corrected chi connectivity index (χ4v) is 2.32. The lowest BCUT2D eigenvalue weighted by molar-refractivity contribution is 0.0314. The number of likely N-dealkylation sites (N-methyl/N-ethyl adjacent to an activating group) is 1. The maximum atomic E-state index is 10.4. The smallest absolute Gasteiger partial charge is 0.141 e. The number of nitrogens with one attached hydrogen (secondary N) is 1. The molecule has 0 radical (unpaired) electrons. The van der Waals surface area contributed by atoms with Gasteiger partial charge < -0.3 is 26.3 Å². The van der Waals surface area contributed by atoms with Crippen LogP contribution in [-0.4, -0.2) is 53.8 Å². The molecule has 0 amide bonds. The summed E-state index contributed by atoms with van der Waals surface area (Å²) < 4.78 is 0. The van der Waals surface area contributed by atoms with Crippen LogP contribution in [0.3, 0.4) is 0 Å². The minimum atomic E-state index is -0.859. The van der Waals surface area contributed by atoms with E-state index < -0.39 is 5.60 Å². The van der Waals surface area contributed by atoms with Crippen LogP contribution in [0.5, 0.6) is 0 Å². The molecule has 1 rings (SSSR count). The van der Waals surface area contributed by atoms with Crippen LogP contribution in [0.1, 0.15) is 24.9 Å². The first kappa shape index (κ1) is 17.4. The molecular formula is C15H26N4O2. The molecule has 1 aromatic carbocycles. The molecule has 118 valence electrons. The molecule has 0 saturated carbocycles. The zero-order chi connectivity index (χ0) is 15.9. The van der Waals surface area contributed by atoms with E-state index in [1.165, 1.54) is 0 Å². The van der Waals surface area contributed by atoms with Gasteiger partial charge in [-0.25, -0.2) is 0 Å². The lowest BCUT2D eigenvalue weighted by Gasteiger charge is -2.29. The van der Waals surface area contributed by atoms with Crippen molar-refractivity contribution >= 4 is 5.84 Å². The fourth-order valence-electron chi connectivity index (χ4n) is 2.32. The van der Waals surface area contributed by atoms with E-state index in [4.69, 9.17) is 10.9 Å². The van der Waals surface area contributed by atoms with E-state index in [-0.39, 0.29) is 11.9 Å². The third kappa shape index (κ3) is 6.57. The Bertz CT molecular complexity index is 446. The first-order valence-electron chi connectivity index (χ1n) is 6.96. The molecule has 2 unspecified atom stereocenters. The van der Waals surface area contributed by atoms with E-state index in [0.29, 0.717) is 19.5 Å². The Balaban J connectivity index is 2.74. The topological polar surface area (TPSA) is 94.1 Å². The van der Waals surface area contributed by atoms with Crippen molar-refractivity contribution in [2.45, 2.75) is 25.0 Å². The number of amidine groups is 1. The lowest BCUT2D eigenvalue weighted by Crippen LogP contribution is -2.46. The van der Waals surface area contributed by atoms with Gasteiger partial charge >= 0.3 is 0 Å². The van der Waals surface area contributed by atoms with Crippen LogP contribution in [0.4, 0.5) is 0 Å². The van der Waals surface area contributed by atoms with Crippen LogP contribution < -0.4 is 11.1 Å². The van der Waals surface area contributed by atoms with E-state index in [1.807, 2.05) is 49.3 Å². The third-order valence-electron chi connectivity index (χ3n) is 3.13. The first-order valence-corrected chi connectivity index (χ1v) is 6.96. The maximum absolute atomic E-state index is 10.4. The third-order valence-corrected chi connectivity index (χ3v) is 3.13. The van der Waals surface area contributed by atoms with Crippen LogP contribution in [-0.2, 0) is 0 Å². The lowest BCUT2D eigenvalue weighted by atomic mass is 10.0. The van der Waals surface area contributed by atoms with Gasteiger partial charge in [0.1, 0.15) is 5.84 Å². The number of aliphatic hydroxyl groups is 1. The highest BCUT2D eigenvalue weighted by atomic mass is 16.4. The highest BCUT2D eigenvalue weighted by molar-refractivity contribution is 5.80. The number of oxime groups is 1. The van der Waals surface area contributed by atoms with Crippen LogP contribution in [0.2, 0.25) is 0 Å². The van der Waals surface area contributed by atoms with Gasteiger partial charge in [0.25, 0.3) is 0 Å². The van der Waals surface area contributed by atoms with Gasteiger partial charge in [0, 0.05) is 25.6 Å². The molecule has 0 aromatic heterocycles. The predicted octanol–water partition coefficient (Wildman–Crippen LogP) is 0.766. The molecular weight excluding hydrogens is 268 g/mol. The summed E-state index contributed by atoms with van der Waals surface area (Å²) in [5, 5.41) is 25.4. The summed E-state index contributed by atoms with van der Waals surface area (Å²) in [6.45, 7) is 2.74. The van der Waals surface area contributed by atoms with Gasteiger partial charge in [0.2, 0.25) is 0 Å². The molecule has 1 aromatic rings. The molecule has 0 spiro atoms. The molecule has 0 saturated heterocycles. The zero-order valence-corrected chi connectivity index (χ0v) is 13.0. The van der Waals surface area contributed by atoms with Crippen molar-refractivity contribution < 1.29 is 10.3 Å². The number of hydrogen-bond acceptors (Lipinski definition) is 5. The number of hydrogen-bond donors (Lipinski definition) is 4. The second-order valence-electron chi connectivity index (χ2n) is 5.87. The predicted molar refractivity (Wildman–Crippen MR) is 84.4 cm³/mol. The van der Waals surface area contributed by atoms with Crippen LogP contribution in [0.25, 0.3) is 0 Å². The SMILES string of the molecule is CN(C)CC(C)(O)CNC(C/C(N)=N/O)c1ccccc1. The van der Waals surface area contributed by atoms with E-state index in [2.05, 4.69) is 10.5 Å². The molecule has 0 heterocycles. The van der Waals surface area contributed by atoms with Gasteiger partial charge in [-0.15, -0.1) is 0 Å². The highest BCUT2D eigenvalue weighted by Gasteiger charge is 2.23. The maximum Gasteiger partial charge on any atom is 0.141 e. The molecule has 0 fully saturated rings. The number of nitrogens with zero attached hydrogens (tertiary/aromatic N) is 2. The van der Waals surface area contributed by atoms with Crippen molar-refractivity contribution in [2.24, 2.45) is 10.9 Å². The van der Waals surface area contributed by atoms with Gasteiger partial charge in [-0.3, -0.25) is 0 Å². The quantitative estimate of drug-likeness (QED) is 0.246. The number of rotatable bonds is 8. The molecule has 0 bridgehead atoms. The van der Waals surface area contributed by atoms with Gasteiger partial charge in [-0.1, -0.05) is 35.5 Å². The van der Waals surface area contributed by atoms with Crippen molar-refractivity contribution in [3.05, 3.63) is 35.9 Å². The van der Waals surface area contributed by atoms with Crippen molar-refractivity contribution in [1.29, 1.82) is 0 Å². The van der Waals surface area contributed by atoms with Crippen molar-refractivity contribution in [2.75, 3.05) is 27.2 Å². The summed E-state index contributed by atoms with van der Waals surface area (Å²) in [5.74, 6) is 0.156. The summed E-state index contributed by atoms with van der Waals surface area (Å²) >= 11 is 0. The average molecular weight is 294 g/mol. The molecule has 21 heavy (non-hydrogen) atoms. The first-order chi connectivity index (χ1) is 9.84. The number of nitrogens with two attached hydrogens (primary N) is 1. The molecule has 2 atom stereocenters. The molecule has 0 aliphatic rings. The second kappa shape index (κ2) is 7.97. The molecule has 0 aliphatic heterocycles. The van der Waals surface area contributed by atoms with Crippen LogP contribution >= 0.6 is 0 Å². The molecule has 0 aliphatic carbocycles. The van der Waals surface area contributed by atoms with E-state index in [0.717, 1.165) is 5.56 Å². The molecule has 6 heteroatoms. The average Bonchev–Trinajstić information content (AvgIpc) is 2.42. The molecule has 5 N–H and O–H groups in total. The highest BCUT2D eigenvalue weighted by Crippen LogP contribution is 2.17. The van der Waals surface area contributed by atoms with E-state index in [1.54, 1.807) is 6.92 Å². The summed E-state index contributed by atoms with van der Waals surface area (Å²) in [6, 6.07) is 9.65. The van der Waals surface area contributed by atoms with E-state index in [9.17, 15) is 5.11 Å².